The summed E-state index contributed by atoms with van der Waals surface area (Å²) < 4.78 is 20.7. The number of aryl methyl sites for hydroxylation is 2. The SMILES string of the molecule is CC#CC(c1ccc(SCc2ccccc2C)cc1)C1C(=O)OC(C)(C)OC1=O.Cc1ccccc1CSc1ccc(C=C2C(=O)OC(C)(C)OC2=O)cc1. The second kappa shape index (κ2) is 17.9. The normalized spacial score (nSPS) is 16.5. The first-order valence-corrected chi connectivity index (χ1v) is 19.7. The highest BCUT2D eigenvalue weighted by Gasteiger charge is 2.47. The number of carbonyl (C=O) groups is 4. The zero-order chi connectivity index (χ0) is 39.8. The van der Waals surface area contributed by atoms with Crippen LogP contribution in [0.1, 0.15) is 73.9 Å². The minimum atomic E-state index is -1.25. The zero-order valence-corrected chi connectivity index (χ0v) is 33.6. The summed E-state index contributed by atoms with van der Waals surface area (Å²) in [5.74, 6) is 0.892. The molecule has 10 heteroatoms. The maximum absolute atomic E-state index is 12.5. The fraction of sp³-hybridized carbons (Fsp3) is 0.289. The van der Waals surface area contributed by atoms with Crippen LogP contribution in [0.3, 0.4) is 0 Å². The van der Waals surface area contributed by atoms with Crippen molar-refractivity contribution in [3.8, 4) is 11.8 Å². The summed E-state index contributed by atoms with van der Waals surface area (Å²) >= 11 is 3.48. The molecule has 0 spiro atoms. The maximum Gasteiger partial charge on any atom is 0.348 e. The highest BCUT2D eigenvalue weighted by atomic mass is 32.2. The van der Waals surface area contributed by atoms with Gasteiger partial charge in [0.25, 0.3) is 11.6 Å². The van der Waals surface area contributed by atoms with Crippen LogP contribution < -0.4 is 0 Å². The number of esters is 4. The molecule has 6 rings (SSSR count). The van der Waals surface area contributed by atoms with Crippen LogP contribution in [0.4, 0.5) is 0 Å². The van der Waals surface area contributed by atoms with E-state index in [0.717, 1.165) is 32.4 Å². The first-order chi connectivity index (χ1) is 26.1. The molecule has 0 aromatic heterocycles. The van der Waals surface area contributed by atoms with Crippen molar-refractivity contribution >= 4 is 53.5 Å². The Balaban J connectivity index is 0.000000212. The quantitative estimate of drug-likeness (QED) is 0.0408. The highest BCUT2D eigenvalue weighted by molar-refractivity contribution is 7.98. The summed E-state index contributed by atoms with van der Waals surface area (Å²) in [5, 5.41) is 0. The number of hydrogen-bond donors (Lipinski definition) is 0. The standard InChI is InChI=1S/C24H24O4S.C21H20O4S/c1-5-8-20(21-22(25)27-24(3,4)28-23(21)26)17-11-13-19(14-12-17)29-15-18-10-7-6-9-16(18)2;1-14-6-4-5-7-16(14)13-26-17-10-8-15(9-11-17)12-18-19(22)24-21(2,3)25-20(18)23/h6-7,9-14,20-21H,15H2,1-4H3;4-12H,13H2,1-3H3. The van der Waals surface area contributed by atoms with Crippen molar-refractivity contribution in [1.29, 1.82) is 0 Å². The third kappa shape index (κ3) is 11.2. The summed E-state index contributed by atoms with van der Waals surface area (Å²) in [6.07, 6.45) is 1.50. The van der Waals surface area contributed by atoms with Gasteiger partial charge in [-0.05, 0) is 84.5 Å². The molecule has 8 nitrogen and oxygen atoms in total. The van der Waals surface area contributed by atoms with Gasteiger partial charge < -0.3 is 18.9 Å². The number of rotatable bonds is 9. The van der Waals surface area contributed by atoms with Crippen molar-refractivity contribution in [1.82, 2.24) is 0 Å². The largest absolute Gasteiger partial charge is 0.422 e. The molecule has 0 N–H and O–H groups in total. The lowest BCUT2D eigenvalue weighted by Gasteiger charge is -2.34. The molecular formula is C45H44O8S2. The Morgan fingerprint density at radius 2 is 1.07 bits per heavy atom. The molecule has 1 atom stereocenters. The second-order valence-electron chi connectivity index (χ2n) is 13.9. The molecule has 2 heterocycles. The predicted molar refractivity (Wildman–Crippen MR) is 215 cm³/mol. The van der Waals surface area contributed by atoms with Gasteiger partial charge in [-0.25, -0.2) is 9.59 Å². The number of ether oxygens (including phenoxy) is 4. The van der Waals surface area contributed by atoms with E-state index >= 15 is 0 Å². The number of thioether (sulfide) groups is 2. The van der Waals surface area contributed by atoms with Crippen molar-refractivity contribution in [3.05, 3.63) is 136 Å². The van der Waals surface area contributed by atoms with Crippen LogP contribution in [0.5, 0.6) is 0 Å². The average Bonchev–Trinajstić information content (AvgIpc) is 3.12. The Morgan fingerprint density at radius 3 is 1.53 bits per heavy atom. The highest BCUT2D eigenvalue weighted by Crippen LogP contribution is 2.35. The van der Waals surface area contributed by atoms with Crippen molar-refractivity contribution in [2.75, 3.05) is 0 Å². The van der Waals surface area contributed by atoms with E-state index in [4.69, 9.17) is 18.9 Å². The first kappa shape index (κ1) is 40.9. The molecule has 0 saturated carbocycles. The third-order valence-corrected chi connectivity index (χ3v) is 10.8. The van der Waals surface area contributed by atoms with Crippen LogP contribution in [0.15, 0.2) is 112 Å². The van der Waals surface area contributed by atoms with E-state index in [0.29, 0.717) is 0 Å². The van der Waals surface area contributed by atoms with E-state index in [-0.39, 0.29) is 5.57 Å². The van der Waals surface area contributed by atoms with Gasteiger partial charge in [0.2, 0.25) is 0 Å². The molecule has 4 aromatic rings. The van der Waals surface area contributed by atoms with Crippen molar-refractivity contribution in [3.63, 3.8) is 0 Å². The molecule has 0 aliphatic carbocycles. The topological polar surface area (TPSA) is 105 Å². The summed E-state index contributed by atoms with van der Waals surface area (Å²) in [7, 11) is 0. The van der Waals surface area contributed by atoms with Crippen molar-refractivity contribution in [2.45, 2.75) is 87.3 Å². The van der Waals surface area contributed by atoms with Gasteiger partial charge in [-0.2, -0.15) is 0 Å². The molecule has 2 saturated heterocycles. The van der Waals surface area contributed by atoms with E-state index in [9.17, 15) is 19.2 Å². The average molecular weight is 777 g/mol. The van der Waals surface area contributed by atoms with Crippen LogP contribution in [-0.2, 0) is 49.6 Å². The van der Waals surface area contributed by atoms with Gasteiger partial charge in [0, 0.05) is 49.0 Å². The van der Waals surface area contributed by atoms with Gasteiger partial charge in [0.15, 0.2) is 5.92 Å². The molecule has 2 aliphatic rings. The number of cyclic esters (lactones) is 4. The summed E-state index contributed by atoms with van der Waals surface area (Å²) in [6, 6.07) is 32.1. The summed E-state index contributed by atoms with van der Waals surface area (Å²) in [5.41, 5.74) is 6.59. The fourth-order valence-electron chi connectivity index (χ4n) is 5.76. The minimum Gasteiger partial charge on any atom is -0.422 e. The summed E-state index contributed by atoms with van der Waals surface area (Å²) in [4.78, 5) is 51.1. The van der Waals surface area contributed by atoms with Crippen LogP contribution in [0.2, 0.25) is 0 Å². The molecule has 2 fully saturated rings. The van der Waals surface area contributed by atoms with E-state index in [1.165, 1.54) is 42.2 Å². The van der Waals surface area contributed by atoms with Gasteiger partial charge in [0.05, 0.1) is 5.92 Å². The zero-order valence-electron chi connectivity index (χ0n) is 32.0. The van der Waals surface area contributed by atoms with Crippen LogP contribution in [-0.4, -0.2) is 35.5 Å². The van der Waals surface area contributed by atoms with Crippen LogP contribution >= 0.6 is 23.5 Å². The van der Waals surface area contributed by atoms with Gasteiger partial charge >= 0.3 is 23.9 Å². The molecule has 4 aromatic carbocycles. The number of hydrogen-bond acceptors (Lipinski definition) is 10. The molecule has 284 valence electrons. The number of benzene rings is 4. The van der Waals surface area contributed by atoms with E-state index in [1.807, 2.05) is 72.8 Å². The smallest absolute Gasteiger partial charge is 0.348 e. The Labute approximate surface area is 331 Å². The number of carbonyl (C=O) groups excluding carboxylic acids is 4. The van der Waals surface area contributed by atoms with E-state index in [2.05, 4.69) is 50.0 Å². The molecular weight excluding hydrogens is 733 g/mol. The Hall–Kier alpha value is -5.24. The first-order valence-electron chi connectivity index (χ1n) is 17.8. The van der Waals surface area contributed by atoms with Crippen molar-refractivity contribution < 1.29 is 38.1 Å². The lowest BCUT2D eigenvalue weighted by molar-refractivity contribution is -0.240. The van der Waals surface area contributed by atoms with Gasteiger partial charge in [-0.1, -0.05) is 78.7 Å². The Kier molecular flexibility index (Phi) is 13.3. The van der Waals surface area contributed by atoms with Crippen molar-refractivity contribution in [2.24, 2.45) is 5.92 Å². The summed E-state index contributed by atoms with van der Waals surface area (Å²) in [6.45, 7) is 12.0. The minimum absolute atomic E-state index is 0.0929. The van der Waals surface area contributed by atoms with E-state index < -0.39 is 47.3 Å². The maximum atomic E-state index is 12.5. The molecule has 0 bridgehead atoms. The molecule has 0 amide bonds. The van der Waals surface area contributed by atoms with E-state index in [1.54, 1.807) is 44.3 Å². The molecule has 0 radical (unpaired) electrons. The van der Waals surface area contributed by atoms with Crippen LogP contribution in [0.25, 0.3) is 6.08 Å². The Morgan fingerprint density at radius 1 is 0.636 bits per heavy atom. The third-order valence-electron chi connectivity index (χ3n) is 8.69. The van der Waals surface area contributed by atoms with Gasteiger partial charge in [0.1, 0.15) is 5.57 Å². The van der Waals surface area contributed by atoms with Gasteiger partial charge in [-0.15, -0.1) is 29.4 Å². The lowest BCUT2D eigenvalue weighted by Crippen LogP contribution is -2.48. The molecule has 55 heavy (non-hydrogen) atoms. The monoisotopic (exact) mass is 776 g/mol. The fourth-order valence-corrected chi connectivity index (χ4v) is 7.71. The lowest BCUT2D eigenvalue weighted by atomic mass is 9.85. The second-order valence-corrected chi connectivity index (χ2v) is 16.0. The Bertz CT molecular complexity index is 2100. The molecule has 2 aliphatic heterocycles. The predicted octanol–water partition coefficient (Wildman–Crippen LogP) is 9.35. The molecule has 1 unspecified atom stereocenters. The van der Waals surface area contributed by atoms with Gasteiger partial charge in [-0.3, -0.25) is 9.59 Å². The van der Waals surface area contributed by atoms with Crippen LogP contribution in [0, 0.1) is 31.6 Å².